The number of nitrogens with one attached hydrogen (secondary N) is 2. The molecular weight excluding hydrogens is 354 g/mol. The first-order chi connectivity index (χ1) is 12.7. The van der Waals surface area contributed by atoms with Crippen molar-refractivity contribution in [3.8, 4) is 5.75 Å². The Balaban J connectivity index is 0.00000119. The smallest absolute Gasteiger partial charge is 0.326 e. The Morgan fingerprint density at radius 3 is 2.04 bits per heavy atom. The van der Waals surface area contributed by atoms with Crippen LogP contribution in [0.5, 0.6) is 5.75 Å². The van der Waals surface area contributed by atoms with Crippen molar-refractivity contribution in [1.29, 1.82) is 0 Å². The Kier molecular flexibility index (Phi) is 12.2. The molecule has 1 aromatic rings. The quantitative estimate of drug-likeness (QED) is 0.336. The number of carbonyl (C=O) groups excluding carboxylic acids is 1. The minimum Gasteiger partial charge on any atom is -0.508 e. The summed E-state index contributed by atoms with van der Waals surface area (Å²) in [6, 6.07) is 3.64. The van der Waals surface area contributed by atoms with Gasteiger partial charge in [0, 0.05) is 12.8 Å². The number of phenols is 1. The summed E-state index contributed by atoms with van der Waals surface area (Å²) in [7, 11) is 0. The van der Waals surface area contributed by atoms with Crippen LogP contribution in [0.25, 0.3) is 0 Å². The summed E-state index contributed by atoms with van der Waals surface area (Å²) >= 11 is 0. The van der Waals surface area contributed by atoms with E-state index in [1.54, 1.807) is 12.1 Å². The molecule has 1 aromatic carbocycles. The number of rotatable bonds is 10. The zero-order chi connectivity index (χ0) is 20.8. The minimum atomic E-state index is -1.23. The second-order valence-corrected chi connectivity index (χ2v) is 5.77. The van der Waals surface area contributed by atoms with E-state index in [2.05, 4.69) is 24.5 Å². The van der Waals surface area contributed by atoms with Gasteiger partial charge in [-0.1, -0.05) is 26.0 Å². The molecule has 152 valence electrons. The van der Waals surface area contributed by atoms with Crippen molar-refractivity contribution < 1.29 is 29.7 Å². The van der Waals surface area contributed by atoms with E-state index in [9.17, 15) is 19.5 Å². The van der Waals surface area contributed by atoms with E-state index < -0.39 is 29.9 Å². The van der Waals surface area contributed by atoms with Gasteiger partial charge in [0.15, 0.2) is 0 Å². The number of aliphatic carboxylic acids is 2. The van der Waals surface area contributed by atoms with Gasteiger partial charge in [-0.2, -0.15) is 0 Å². The number of carbonyl (C=O) groups is 3. The lowest BCUT2D eigenvalue weighted by atomic mass is 10.0. The predicted octanol–water partition coefficient (Wildman–Crippen LogP) is 0.312. The first-order valence-corrected chi connectivity index (χ1v) is 8.70. The number of hydrogen-bond acceptors (Lipinski definition) is 6. The standard InChI is InChI=1S/C14H18N2O6.C4H11N/c15-10(5-6-12(18)19)13(20)16-11(14(21)22)7-8-1-3-9(17)4-2-8;1-3-5-4-2/h1-4,10-11,17H,5-7,15H2,(H,16,20)(H,18,19)(H,21,22);5H,3-4H2,1-2H3/t10-,11-;/m0./s1. The Bertz CT molecular complexity index is 589. The summed E-state index contributed by atoms with van der Waals surface area (Å²) in [6.07, 6.45) is -0.329. The van der Waals surface area contributed by atoms with Crippen molar-refractivity contribution in [3.63, 3.8) is 0 Å². The summed E-state index contributed by atoms with van der Waals surface area (Å²) in [6.45, 7) is 6.39. The molecule has 0 saturated heterocycles. The summed E-state index contributed by atoms with van der Waals surface area (Å²) in [5.74, 6) is -2.98. The maximum atomic E-state index is 11.8. The molecule has 0 aliphatic heterocycles. The molecule has 1 amide bonds. The van der Waals surface area contributed by atoms with Crippen molar-refractivity contribution in [2.45, 2.75) is 45.2 Å². The fourth-order valence-corrected chi connectivity index (χ4v) is 2.01. The molecule has 0 radical (unpaired) electrons. The second kappa shape index (κ2) is 13.5. The van der Waals surface area contributed by atoms with Gasteiger partial charge >= 0.3 is 11.9 Å². The number of aromatic hydroxyl groups is 1. The first-order valence-electron chi connectivity index (χ1n) is 8.70. The fraction of sp³-hybridized carbons (Fsp3) is 0.500. The van der Waals surface area contributed by atoms with Gasteiger partial charge in [0.2, 0.25) is 5.91 Å². The molecule has 0 aromatic heterocycles. The van der Waals surface area contributed by atoms with Crippen molar-refractivity contribution >= 4 is 17.8 Å². The number of amides is 1. The number of carboxylic acids is 2. The van der Waals surface area contributed by atoms with E-state index in [0.717, 1.165) is 13.1 Å². The van der Waals surface area contributed by atoms with Crippen LogP contribution in [0.4, 0.5) is 0 Å². The minimum absolute atomic E-state index is 0.0208. The van der Waals surface area contributed by atoms with Crippen LogP contribution in [-0.4, -0.2) is 58.3 Å². The molecule has 1 rings (SSSR count). The number of phenolic OH excluding ortho intramolecular Hbond substituents is 1. The van der Waals surface area contributed by atoms with Crippen LogP contribution in [0.1, 0.15) is 32.3 Å². The topological polar surface area (TPSA) is 162 Å². The highest BCUT2D eigenvalue weighted by molar-refractivity contribution is 5.87. The Labute approximate surface area is 158 Å². The van der Waals surface area contributed by atoms with E-state index in [-0.39, 0.29) is 25.0 Å². The second-order valence-electron chi connectivity index (χ2n) is 5.77. The van der Waals surface area contributed by atoms with Crippen LogP contribution in [0.2, 0.25) is 0 Å². The average Bonchev–Trinajstić information content (AvgIpc) is 2.61. The maximum absolute atomic E-state index is 11.8. The third-order valence-corrected chi connectivity index (χ3v) is 3.50. The SMILES string of the molecule is CCNCC.N[C@@H](CCC(=O)O)C(=O)N[C@@H](Cc1ccc(O)cc1)C(=O)O. The maximum Gasteiger partial charge on any atom is 0.326 e. The lowest BCUT2D eigenvalue weighted by Gasteiger charge is -2.17. The highest BCUT2D eigenvalue weighted by Gasteiger charge is 2.23. The number of benzene rings is 1. The summed E-state index contributed by atoms with van der Waals surface area (Å²) in [5, 5.41) is 32.2. The van der Waals surface area contributed by atoms with Crippen molar-refractivity contribution in [3.05, 3.63) is 29.8 Å². The van der Waals surface area contributed by atoms with Crippen LogP contribution in [0.3, 0.4) is 0 Å². The number of nitrogens with two attached hydrogens (primary N) is 1. The summed E-state index contributed by atoms with van der Waals surface area (Å²) < 4.78 is 0. The van der Waals surface area contributed by atoms with Crippen molar-refractivity contribution in [2.75, 3.05) is 13.1 Å². The van der Waals surface area contributed by atoms with Crippen LogP contribution in [-0.2, 0) is 20.8 Å². The molecule has 9 nitrogen and oxygen atoms in total. The average molecular weight is 383 g/mol. The molecule has 2 atom stereocenters. The van der Waals surface area contributed by atoms with E-state index in [0.29, 0.717) is 5.56 Å². The van der Waals surface area contributed by atoms with E-state index in [4.69, 9.17) is 15.9 Å². The van der Waals surface area contributed by atoms with E-state index in [1.165, 1.54) is 12.1 Å². The Hall–Kier alpha value is -2.65. The molecule has 0 bridgehead atoms. The van der Waals surface area contributed by atoms with Crippen LogP contribution < -0.4 is 16.4 Å². The van der Waals surface area contributed by atoms with Gasteiger partial charge < -0.3 is 31.7 Å². The third kappa shape index (κ3) is 11.6. The molecule has 0 aliphatic rings. The van der Waals surface area contributed by atoms with Gasteiger partial charge in [-0.15, -0.1) is 0 Å². The number of carboxylic acid groups (broad SMARTS) is 2. The molecule has 0 aliphatic carbocycles. The Morgan fingerprint density at radius 2 is 1.63 bits per heavy atom. The molecule has 0 spiro atoms. The van der Waals surface area contributed by atoms with Crippen LogP contribution >= 0.6 is 0 Å². The summed E-state index contributed by atoms with van der Waals surface area (Å²) in [5.41, 5.74) is 6.14. The highest BCUT2D eigenvalue weighted by atomic mass is 16.4. The highest BCUT2D eigenvalue weighted by Crippen LogP contribution is 2.11. The van der Waals surface area contributed by atoms with Crippen molar-refractivity contribution in [2.24, 2.45) is 5.73 Å². The van der Waals surface area contributed by atoms with Gasteiger partial charge in [0.05, 0.1) is 6.04 Å². The van der Waals surface area contributed by atoms with Gasteiger partial charge in [0.25, 0.3) is 0 Å². The van der Waals surface area contributed by atoms with Crippen LogP contribution in [0.15, 0.2) is 24.3 Å². The third-order valence-electron chi connectivity index (χ3n) is 3.50. The van der Waals surface area contributed by atoms with E-state index >= 15 is 0 Å². The predicted molar refractivity (Wildman–Crippen MR) is 100 cm³/mol. The first kappa shape index (κ1) is 24.4. The van der Waals surface area contributed by atoms with Gasteiger partial charge in [0.1, 0.15) is 11.8 Å². The molecular formula is C18H29N3O6. The zero-order valence-electron chi connectivity index (χ0n) is 15.6. The molecule has 0 heterocycles. The molecule has 0 unspecified atom stereocenters. The lowest BCUT2D eigenvalue weighted by Crippen LogP contribution is -2.49. The monoisotopic (exact) mass is 383 g/mol. The molecule has 7 N–H and O–H groups in total. The fourth-order valence-electron chi connectivity index (χ4n) is 2.01. The molecule has 0 saturated carbocycles. The summed E-state index contributed by atoms with van der Waals surface area (Å²) in [4.78, 5) is 33.4. The largest absolute Gasteiger partial charge is 0.508 e. The van der Waals surface area contributed by atoms with Gasteiger partial charge in [-0.25, -0.2) is 4.79 Å². The molecule has 27 heavy (non-hydrogen) atoms. The number of hydrogen-bond donors (Lipinski definition) is 6. The molecule has 9 heteroatoms. The normalized spacial score (nSPS) is 12.3. The lowest BCUT2D eigenvalue weighted by molar-refractivity contribution is -0.142. The van der Waals surface area contributed by atoms with Gasteiger partial charge in [-0.3, -0.25) is 9.59 Å². The van der Waals surface area contributed by atoms with E-state index in [1.807, 2.05) is 0 Å². The van der Waals surface area contributed by atoms with Crippen LogP contribution in [0, 0.1) is 0 Å². The molecule has 0 fully saturated rings. The van der Waals surface area contributed by atoms with Gasteiger partial charge in [-0.05, 0) is 37.2 Å². The Morgan fingerprint density at radius 1 is 1.07 bits per heavy atom. The van der Waals surface area contributed by atoms with Crippen molar-refractivity contribution in [1.82, 2.24) is 10.6 Å². The zero-order valence-corrected chi connectivity index (χ0v) is 15.6.